The Labute approximate surface area is 167 Å². The molecule has 2 aliphatic rings. The first kappa shape index (κ1) is 18.9. The smallest absolute Gasteiger partial charge is 0.225 e. The van der Waals surface area contributed by atoms with Crippen molar-refractivity contribution in [3.05, 3.63) is 42.2 Å². The molecule has 1 aromatic heterocycles. The van der Waals surface area contributed by atoms with Crippen LogP contribution in [0, 0.1) is 5.41 Å². The van der Waals surface area contributed by atoms with Crippen molar-refractivity contribution in [1.29, 1.82) is 0 Å². The summed E-state index contributed by atoms with van der Waals surface area (Å²) in [4.78, 5) is 22.8. The number of benzene rings is 1. The monoisotopic (exact) mass is 378 g/mol. The predicted molar refractivity (Wildman–Crippen MR) is 112 cm³/mol. The van der Waals surface area contributed by atoms with E-state index < -0.39 is 0 Å². The van der Waals surface area contributed by atoms with Crippen molar-refractivity contribution in [1.82, 2.24) is 15.3 Å². The topological polar surface area (TPSA) is 58.1 Å². The molecule has 2 aromatic rings. The van der Waals surface area contributed by atoms with Crippen LogP contribution in [0.3, 0.4) is 0 Å². The minimum atomic E-state index is 0.0122. The molecule has 2 fully saturated rings. The maximum absolute atomic E-state index is 11.2. The molecule has 0 bridgehead atoms. The Balaban J connectivity index is 1.39. The van der Waals surface area contributed by atoms with Crippen LogP contribution in [0.2, 0.25) is 0 Å². The zero-order valence-corrected chi connectivity index (χ0v) is 16.9. The number of amides is 1. The quantitative estimate of drug-likeness (QED) is 0.855. The fraction of sp³-hybridized carbons (Fsp3) is 0.522. The average Bonchev–Trinajstić information content (AvgIpc) is 3.32. The Morgan fingerprint density at radius 3 is 2.43 bits per heavy atom. The zero-order chi connectivity index (χ0) is 19.6. The molecule has 28 heavy (non-hydrogen) atoms. The number of nitrogens with one attached hydrogen (secondary N) is 1. The molecule has 1 aliphatic carbocycles. The maximum atomic E-state index is 11.2. The molecule has 1 saturated carbocycles. The molecular weight excluding hydrogens is 348 g/mol. The third kappa shape index (κ3) is 4.18. The Kier molecular flexibility index (Phi) is 5.33. The van der Waals surface area contributed by atoms with E-state index in [2.05, 4.69) is 44.5 Å². The molecule has 5 nitrogen and oxygen atoms in total. The number of hydrogen-bond donors (Lipinski definition) is 1. The first-order valence-corrected chi connectivity index (χ1v) is 10.5. The molecule has 1 atom stereocenters. The van der Waals surface area contributed by atoms with E-state index in [4.69, 9.17) is 0 Å². The summed E-state index contributed by atoms with van der Waals surface area (Å²) >= 11 is 0. The van der Waals surface area contributed by atoms with Crippen molar-refractivity contribution in [2.45, 2.75) is 58.4 Å². The summed E-state index contributed by atoms with van der Waals surface area (Å²) in [6.07, 6.45) is 11.5. The summed E-state index contributed by atoms with van der Waals surface area (Å²) < 4.78 is 0. The molecule has 1 saturated heterocycles. The molecule has 1 unspecified atom stereocenters. The lowest BCUT2D eigenvalue weighted by Crippen LogP contribution is -2.31. The van der Waals surface area contributed by atoms with E-state index in [1.54, 1.807) is 6.92 Å². The fourth-order valence-corrected chi connectivity index (χ4v) is 4.86. The Hall–Kier alpha value is -2.43. The highest BCUT2D eigenvalue weighted by Gasteiger charge is 2.40. The van der Waals surface area contributed by atoms with Crippen molar-refractivity contribution in [3.8, 4) is 11.1 Å². The third-order valence-corrected chi connectivity index (χ3v) is 6.30. The van der Waals surface area contributed by atoms with Crippen LogP contribution in [0.1, 0.15) is 51.5 Å². The molecule has 148 valence electrons. The summed E-state index contributed by atoms with van der Waals surface area (Å²) in [5.74, 6) is 0.881. The van der Waals surface area contributed by atoms with Gasteiger partial charge < -0.3 is 10.2 Å². The first-order chi connectivity index (χ1) is 13.5. The summed E-state index contributed by atoms with van der Waals surface area (Å²) in [5.41, 5.74) is 3.91. The lowest BCUT2D eigenvalue weighted by molar-refractivity contribution is -0.119. The van der Waals surface area contributed by atoms with Crippen molar-refractivity contribution < 1.29 is 4.79 Å². The van der Waals surface area contributed by atoms with Crippen molar-refractivity contribution in [3.63, 3.8) is 0 Å². The van der Waals surface area contributed by atoms with Gasteiger partial charge in [0.1, 0.15) is 0 Å². The van der Waals surface area contributed by atoms with Crippen LogP contribution in [0.4, 0.5) is 5.95 Å². The van der Waals surface area contributed by atoms with Crippen LogP contribution in [-0.4, -0.2) is 35.0 Å². The fourth-order valence-electron chi connectivity index (χ4n) is 4.86. The number of carbonyl (C=O) groups is 1. The van der Waals surface area contributed by atoms with Crippen LogP contribution < -0.4 is 10.2 Å². The third-order valence-electron chi connectivity index (χ3n) is 6.30. The standard InChI is InChI=1S/C23H30N4O/c1-17(26-18(2)28)13-19-5-7-20(8-6-19)21-14-24-22(25-15-21)27-12-11-23(16-27)9-3-4-10-23/h5-8,14-15,17H,3-4,9-13,16H2,1-2H3,(H,26,28). The van der Waals surface area contributed by atoms with Crippen LogP contribution in [-0.2, 0) is 11.2 Å². The van der Waals surface area contributed by atoms with Crippen LogP contribution in [0.5, 0.6) is 0 Å². The molecule has 1 amide bonds. The summed E-state index contributed by atoms with van der Waals surface area (Å²) in [6.45, 7) is 5.78. The Morgan fingerprint density at radius 1 is 1.11 bits per heavy atom. The van der Waals surface area contributed by atoms with Gasteiger partial charge in [0, 0.05) is 44.0 Å². The van der Waals surface area contributed by atoms with Gasteiger partial charge in [-0.25, -0.2) is 9.97 Å². The number of hydrogen-bond acceptors (Lipinski definition) is 4. The van der Waals surface area contributed by atoms with Crippen LogP contribution in [0.25, 0.3) is 11.1 Å². The average molecular weight is 379 g/mol. The summed E-state index contributed by atoms with van der Waals surface area (Å²) in [7, 11) is 0. The van der Waals surface area contributed by atoms with Gasteiger partial charge in [0.05, 0.1) is 0 Å². The number of carbonyl (C=O) groups excluding carboxylic acids is 1. The Bertz CT molecular complexity index is 810. The summed E-state index contributed by atoms with van der Waals surface area (Å²) in [6, 6.07) is 8.59. The van der Waals surface area contributed by atoms with Gasteiger partial charge in [-0.3, -0.25) is 4.79 Å². The molecule has 4 rings (SSSR count). The molecule has 1 aliphatic heterocycles. The SMILES string of the molecule is CC(=O)NC(C)Cc1ccc(-c2cnc(N3CCC4(CCCC4)C3)nc2)cc1. The van der Waals surface area contributed by atoms with Gasteiger partial charge in [0.15, 0.2) is 0 Å². The number of anilines is 1. The van der Waals surface area contributed by atoms with Gasteiger partial charge in [0.25, 0.3) is 0 Å². The van der Waals surface area contributed by atoms with E-state index in [9.17, 15) is 4.79 Å². The highest BCUT2D eigenvalue weighted by Crippen LogP contribution is 2.45. The lowest BCUT2D eigenvalue weighted by Gasteiger charge is -2.23. The highest BCUT2D eigenvalue weighted by molar-refractivity contribution is 5.73. The van der Waals surface area contributed by atoms with Crippen molar-refractivity contribution >= 4 is 11.9 Å². The van der Waals surface area contributed by atoms with E-state index >= 15 is 0 Å². The van der Waals surface area contributed by atoms with Gasteiger partial charge in [-0.15, -0.1) is 0 Å². The minimum absolute atomic E-state index is 0.0122. The number of aromatic nitrogens is 2. The summed E-state index contributed by atoms with van der Waals surface area (Å²) in [5, 5.41) is 2.92. The van der Waals surface area contributed by atoms with E-state index in [1.807, 2.05) is 19.3 Å². The molecule has 2 heterocycles. The molecule has 1 aromatic carbocycles. The van der Waals surface area contributed by atoms with Gasteiger partial charge in [0.2, 0.25) is 11.9 Å². The second-order valence-corrected chi connectivity index (χ2v) is 8.65. The lowest BCUT2D eigenvalue weighted by atomic mass is 9.86. The second kappa shape index (κ2) is 7.90. The number of rotatable bonds is 5. The second-order valence-electron chi connectivity index (χ2n) is 8.65. The van der Waals surface area contributed by atoms with Gasteiger partial charge in [-0.2, -0.15) is 0 Å². The highest BCUT2D eigenvalue weighted by atomic mass is 16.1. The van der Waals surface area contributed by atoms with Crippen molar-refractivity contribution in [2.75, 3.05) is 18.0 Å². The number of nitrogens with zero attached hydrogens (tertiary/aromatic N) is 3. The Morgan fingerprint density at radius 2 is 1.79 bits per heavy atom. The van der Waals surface area contributed by atoms with Crippen molar-refractivity contribution in [2.24, 2.45) is 5.41 Å². The van der Waals surface area contributed by atoms with E-state index in [-0.39, 0.29) is 11.9 Å². The minimum Gasteiger partial charge on any atom is -0.354 e. The maximum Gasteiger partial charge on any atom is 0.225 e. The van der Waals surface area contributed by atoms with E-state index in [0.717, 1.165) is 36.6 Å². The first-order valence-electron chi connectivity index (χ1n) is 10.5. The van der Waals surface area contributed by atoms with Crippen LogP contribution in [0.15, 0.2) is 36.7 Å². The molecule has 1 spiro atoms. The molecular formula is C23H30N4O. The largest absolute Gasteiger partial charge is 0.354 e. The van der Waals surface area contributed by atoms with E-state index in [1.165, 1.54) is 37.7 Å². The van der Waals surface area contributed by atoms with E-state index in [0.29, 0.717) is 5.41 Å². The van der Waals surface area contributed by atoms with Crippen LogP contribution >= 0.6 is 0 Å². The van der Waals surface area contributed by atoms with Gasteiger partial charge in [-0.1, -0.05) is 37.1 Å². The van der Waals surface area contributed by atoms with Gasteiger partial charge in [-0.05, 0) is 49.1 Å². The predicted octanol–water partition coefficient (Wildman–Crippen LogP) is 3.98. The molecule has 1 N–H and O–H groups in total. The molecule has 5 heteroatoms. The zero-order valence-electron chi connectivity index (χ0n) is 16.9. The normalized spacial score (nSPS) is 19.1. The molecule has 0 radical (unpaired) electrons. The van der Waals surface area contributed by atoms with Gasteiger partial charge >= 0.3 is 0 Å².